The first-order chi connectivity index (χ1) is 49.8. The molecular weight excluding hydrogens is 1450 g/mol. The predicted molar refractivity (Wildman–Crippen MR) is 383 cm³/mol. The molecular formula is C67H110N15NaO26. The Balaban J connectivity index is -0.00000129. The normalized spacial score (nSPS) is 26.8. The van der Waals surface area contributed by atoms with Gasteiger partial charge in [0.1, 0.15) is 78.6 Å². The van der Waals surface area contributed by atoms with Crippen molar-refractivity contribution in [2.24, 2.45) is 55.0 Å². The van der Waals surface area contributed by atoms with Crippen LogP contribution in [0.15, 0.2) is 91.3 Å². The topological polar surface area (TPSA) is 581 Å². The standard InChI is InChI=1S/C15H23N3O5.2C14H21N3O6.C11H17N3O6.C10H15N3O2.CH3O.2CH4.Na.H2/c1-6-8(2)13(22-10(4)19)14-9(3)11(17-18-16)7-12(23-14)15(20)21-5;2*1-7-8(16-17-15)5-9(13(19)20-4)22-12(7)11(18)10-6-21-14(2,3)23-10;1-5-6(13-14-12)3-8(11(18)19-2)20-10(5)9(17)7(16)4-15;1-8(13-7-5-6-11-13)12-9(14)15-10(2,3)4;1-2;;;;/h7-9,11,13-14H,6H2,1-5H3;2*5,7-8,10-12,18H,6H2,1-4H3;3,5-7,9-10,15-17H,4H2,1-2H3;5-7H,1-4H3;1H3;2*1H4;;1H/q;;;;;-1;;;+1;/t8-,9-,11+,13-,14-;2*7-,8+,10-,11-,12-;5-,6+,7-,9-,10-;;;;;;/m1111....../s1. The molecule has 0 aromatic carbocycles. The van der Waals surface area contributed by atoms with E-state index >= 15 is 0 Å². The van der Waals surface area contributed by atoms with Crippen LogP contribution in [0.2, 0.25) is 0 Å². The molecule has 610 valence electrons. The molecule has 7 rings (SSSR count). The van der Waals surface area contributed by atoms with Gasteiger partial charge in [-0.15, -0.1) is 0 Å². The Kier molecular flexibility index (Phi) is 46.2. The molecule has 0 saturated carbocycles. The van der Waals surface area contributed by atoms with Gasteiger partial charge in [0.05, 0.1) is 72.4 Å². The van der Waals surface area contributed by atoms with Crippen molar-refractivity contribution in [3.05, 3.63) is 108 Å². The molecule has 6 aliphatic heterocycles. The molecule has 1 aromatic rings. The van der Waals surface area contributed by atoms with E-state index in [0.717, 1.165) is 20.6 Å². The van der Waals surface area contributed by atoms with E-state index in [4.69, 9.17) is 79.7 Å². The molecule has 109 heavy (non-hydrogen) atoms. The smallest absolute Gasteiger partial charge is 0.857 e. The maximum Gasteiger partial charge on any atom is 1.00 e. The maximum atomic E-state index is 11.8. The second kappa shape index (κ2) is 49.1. The van der Waals surface area contributed by atoms with Crippen LogP contribution in [-0.2, 0) is 90.3 Å². The zero-order chi connectivity index (χ0) is 80.7. The van der Waals surface area contributed by atoms with Gasteiger partial charge in [-0.2, -0.15) is 17.2 Å². The molecule has 1 amide bonds. The van der Waals surface area contributed by atoms with Crippen molar-refractivity contribution in [1.82, 2.24) is 9.78 Å². The molecule has 5 N–H and O–H groups in total. The molecule has 0 aliphatic carbocycles. The Bertz CT molecular complexity index is 3350. The monoisotopic (exact) mass is 1560 g/mol. The van der Waals surface area contributed by atoms with Gasteiger partial charge in [-0.25, -0.2) is 28.7 Å². The van der Waals surface area contributed by atoms with Gasteiger partial charge in [0.15, 0.2) is 11.6 Å². The van der Waals surface area contributed by atoms with Crippen molar-refractivity contribution in [2.75, 3.05) is 55.4 Å². The number of aliphatic hydroxyl groups excluding tert-OH is 5. The zero-order valence-electron chi connectivity index (χ0n) is 63.9. The summed E-state index contributed by atoms with van der Waals surface area (Å²) in [4.78, 5) is 84.3. The number of amides is 1. The average molecular weight is 1560 g/mol. The van der Waals surface area contributed by atoms with Crippen LogP contribution in [0.5, 0.6) is 0 Å². The van der Waals surface area contributed by atoms with E-state index in [2.05, 4.69) is 69.1 Å². The molecule has 20 atom stereocenters. The Hall–Kier alpha value is -8.30. The summed E-state index contributed by atoms with van der Waals surface area (Å²) in [5, 5.41) is 76.2. The van der Waals surface area contributed by atoms with E-state index in [9.17, 15) is 49.2 Å². The molecule has 0 radical (unpaired) electrons. The number of aliphatic hydroxyl groups is 5. The molecule has 6 aliphatic rings. The largest absolute Gasteiger partial charge is 1.00 e. The van der Waals surface area contributed by atoms with Crippen LogP contribution in [0.4, 0.5) is 4.79 Å². The van der Waals surface area contributed by atoms with Gasteiger partial charge in [0, 0.05) is 64.1 Å². The number of ether oxygens (including phenoxy) is 14. The number of rotatable bonds is 19. The fourth-order valence-electron chi connectivity index (χ4n) is 10.7. The van der Waals surface area contributed by atoms with Crippen molar-refractivity contribution in [1.29, 1.82) is 0 Å². The zero-order valence-corrected chi connectivity index (χ0v) is 65.9. The van der Waals surface area contributed by atoms with Crippen LogP contribution < -0.4 is 34.7 Å². The van der Waals surface area contributed by atoms with Crippen LogP contribution >= 0.6 is 0 Å². The van der Waals surface area contributed by atoms with E-state index in [-0.39, 0.29) is 106 Å². The third-order valence-electron chi connectivity index (χ3n) is 16.6. The molecule has 0 bridgehead atoms. The maximum absolute atomic E-state index is 11.8. The number of esters is 5. The SMILES string of the molecule is C.C.CC(=NC(=O)OC(C)(C)C)n1cccn1.CC[C@@H](C)[C@@H](OC(C)=O)[C@@H]1OC(C(=O)OC)=C[C@H](N=[N+]=[N-])[C@H]1C.COC(=O)C1=C[C@H](N=[N+]=[N-])[C@@H](C)[C@H]([C@H](O)[C@H](O)CO)O1.COC(=O)C1=C[C@H](N=[N+]=[N-])[C@@H](C)[C@H]([C@H](O)[C@H]2COC(C)(C)O2)O1.COC(=O)C1=C[C@H](N=[N+]=[N-])[C@@H](C)[C@H]([C@H](O)[C@H]2COC(C)(C)O2)O1.C[O-].[HH].[Na+]. The average Bonchev–Trinajstić information content (AvgIpc) is 1.40. The summed E-state index contributed by atoms with van der Waals surface area (Å²) in [7, 11) is 5.57. The molecule has 41 nitrogen and oxygen atoms in total. The molecule has 0 spiro atoms. The molecule has 1 aromatic heterocycles. The quantitative estimate of drug-likeness (QED) is 0.0188. The van der Waals surface area contributed by atoms with Gasteiger partial charge in [0.2, 0.25) is 23.0 Å². The van der Waals surface area contributed by atoms with Gasteiger partial charge in [-0.3, -0.25) is 4.79 Å². The number of aliphatic imine (C=N–C) groups is 1. The Morgan fingerprint density at radius 1 is 0.633 bits per heavy atom. The van der Waals surface area contributed by atoms with Crippen molar-refractivity contribution in [3.63, 3.8) is 0 Å². The van der Waals surface area contributed by atoms with Gasteiger partial charge in [-0.05, 0) is 120 Å². The number of hydrogen-bond acceptors (Lipinski definition) is 31. The molecule has 42 heteroatoms. The van der Waals surface area contributed by atoms with E-state index < -0.39 is 157 Å². The third-order valence-corrected chi connectivity index (χ3v) is 16.6. The third kappa shape index (κ3) is 31.5. The van der Waals surface area contributed by atoms with Crippen molar-refractivity contribution in [2.45, 2.75) is 234 Å². The van der Waals surface area contributed by atoms with Gasteiger partial charge >= 0.3 is 65.5 Å². The van der Waals surface area contributed by atoms with Gasteiger partial charge < -0.3 is 97.0 Å². The van der Waals surface area contributed by atoms with Crippen LogP contribution in [-0.4, -0.2) is 241 Å². The Morgan fingerprint density at radius 3 is 1.24 bits per heavy atom. The van der Waals surface area contributed by atoms with Crippen LogP contribution in [0.1, 0.15) is 127 Å². The number of hydrogen-bond donors (Lipinski definition) is 5. The second-order valence-corrected chi connectivity index (χ2v) is 26.1. The van der Waals surface area contributed by atoms with E-state index in [0.29, 0.717) is 5.84 Å². The summed E-state index contributed by atoms with van der Waals surface area (Å²) < 4.78 is 74.8. The first-order valence-electron chi connectivity index (χ1n) is 33.1. The van der Waals surface area contributed by atoms with Crippen molar-refractivity contribution < 1.29 is 157 Å². The van der Waals surface area contributed by atoms with Gasteiger partial charge in [0.25, 0.3) is 0 Å². The molecule has 2 fully saturated rings. The summed E-state index contributed by atoms with van der Waals surface area (Å²) in [6.45, 7) is 26.0. The number of nitrogens with zero attached hydrogens (tertiary/aromatic N) is 15. The van der Waals surface area contributed by atoms with E-state index in [1.54, 1.807) is 94.6 Å². The molecule has 2 saturated heterocycles. The van der Waals surface area contributed by atoms with Crippen molar-refractivity contribution >= 4 is 41.8 Å². The number of azide groups is 4. The molecule has 7 heterocycles. The Morgan fingerprint density at radius 2 is 0.963 bits per heavy atom. The van der Waals surface area contributed by atoms with Crippen molar-refractivity contribution in [3.8, 4) is 0 Å². The predicted octanol–water partition coefficient (Wildman–Crippen LogP) is 4.33. The van der Waals surface area contributed by atoms with Gasteiger partial charge in [-0.1, -0.05) is 76.9 Å². The van der Waals surface area contributed by atoms with Crippen LogP contribution in [0.3, 0.4) is 0 Å². The van der Waals surface area contributed by atoms with Crippen LogP contribution in [0.25, 0.3) is 41.8 Å². The van der Waals surface area contributed by atoms with Crippen LogP contribution in [0, 0.1) is 29.6 Å². The first kappa shape index (κ1) is 103. The fraction of sp³-hybridized carbons (Fsp3) is 0.731. The summed E-state index contributed by atoms with van der Waals surface area (Å²) in [5.74, 6) is -6.30. The summed E-state index contributed by atoms with van der Waals surface area (Å²) in [5.41, 5.74) is 34.1. The summed E-state index contributed by atoms with van der Waals surface area (Å²) in [6.07, 6.45) is -0.988. The second-order valence-electron chi connectivity index (χ2n) is 26.1. The summed E-state index contributed by atoms with van der Waals surface area (Å²) >= 11 is 0. The summed E-state index contributed by atoms with van der Waals surface area (Å²) in [6, 6.07) is -0.854. The number of carbonyl (C=O) groups is 6. The fourth-order valence-corrected chi connectivity index (χ4v) is 10.7. The minimum atomic E-state index is -1.44. The first-order valence-corrected chi connectivity index (χ1v) is 33.1. The minimum absolute atomic E-state index is 0. The van der Waals surface area contributed by atoms with E-state index in [1.165, 1.54) is 57.2 Å². The Labute approximate surface area is 656 Å². The number of carbonyl (C=O) groups excluding carboxylic acids is 6. The number of methoxy groups -OCH3 is 4. The van der Waals surface area contributed by atoms with E-state index in [1.807, 2.05) is 20.8 Å². The minimum Gasteiger partial charge on any atom is -0.857 e. The molecule has 0 unspecified atom stereocenters. The number of aromatic nitrogens is 2.